The van der Waals surface area contributed by atoms with Crippen LogP contribution in [0.5, 0.6) is 23.0 Å². The molecule has 38 heavy (non-hydrogen) atoms. The van der Waals surface area contributed by atoms with E-state index in [4.69, 9.17) is 18.9 Å². The summed E-state index contributed by atoms with van der Waals surface area (Å²) in [5.41, 5.74) is 1.88. The number of unbranched alkanes of at least 4 members (excludes halogenated alkanes) is 3. The molecule has 210 valence electrons. The molecule has 0 aliphatic rings. The van der Waals surface area contributed by atoms with Crippen molar-refractivity contribution in [2.24, 2.45) is 0 Å². The van der Waals surface area contributed by atoms with Crippen LogP contribution in [0.2, 0.25) is 0 Å². The van der Waals surface area contributed by atoms with Crippen LogP contribution in [0.3, 0.4) is 0 Å². The fraction of sp³-hybridized carbons (Fsp3) is 0.533. The Morgan fingerprint density at radius 2 is 1.05 bits per heavy atom. The maximum atomic E-state index is 12.2. The third-order valence-electron chi connectivity index (χ3n) is 6.00. The minimum Gasteiger partial charge on any atom is -0.493 e. The van der Waals surface area contributed by atoms with Gasteiger partial charge in [0.25, 0.3) is 0 Å². The third-order valence-corrected chi connectivity index (χ3v) is 6.00. The van der Waals surface area contributed by atoms with Gasteiger partial charge in [0.2, 0.25) is 11.8 Å². The zero-order valence-electron chi connectivity index (χ0n) is 23.4. The van der Waals surface area contributed by atoms with Gasteiger partial charge in [0, 0.05) is 25.9 Å². The van der Waals surface area contributed by atoms with Crippen molar-refractivity contribution in [2.75, 3.05) is 27.4 Å². The molecule has 8 heteroatoms. The second-order valence-corrected chi connectivity index (χ2v) is 9.14. The van der Waals surface area contributed by atoms with Crippen LogP contribution < -0.4 is 29.6 Å². The van der Waals surface area contributed by atoms with E-state index in [1.807, 2.05) is 36.4 Å². The van der Waals surface area contributed by atoms with Gasteiger partial charge in [-0.25, -0.2) is 0 Å². The van der Waals surface area contributed by atoms with Gasteiger partial charge >= 0.3 is 0 Å². The van der Waals surface area contributed by atoms with Gasteiger partial charge in [-0.2, -0.15) is 0 Å². The Bertz CT molecular complexity index is 915. The van der Waals surface area contributed by atoms with E-state index in [1.165, 1.54) is 0 Å². The van der Waals surface area contributed by atoms with Crippen molar-refractivity contribution >= 4 is 11.8 Å². The smallest absolute Gasteiger partial charge is 0.220 e. The minimum absolute atomic E-state index is 0.0408. The SMILES string of the molecule is CCCCOc1ccc(CNC(=O)CCCCC(=O)NCc2ccc(OCCCC)c(OC)c2)cc1OC. The normalized spacial score (nSPS) is 10.5. The van der Waals surface area contributed by atoms with Crippen molar-refractivity contribution in [3.8, 4) is 23.0 Å². The lowest BCUT2D eigenvalue weighted by molar-refractivity contribution is -0.123. The molecule has 0 aromatic heterocycles. The topological polar surface area (TPSA) is 95.1 Å². The molecule has 0 radical (unpaired) electrons. The number of hydrogen-bond acceptors (Lipinski definition) is 6. The molecule has 0 heterocycles. The predicted molar refractivity (Wildman–Crippen MR) is 149 cm³/mol. The number of carbonyl (C=O) groups excluding carboxylic acids is 2. The maximum absolute atomic E-state index is 12.2. The van der Waals surface area contributed by atoms with Crippen LogP contribution in [0.4, 0.5) is 0 Å². The molecule has 0 spiro atoms. The van der Waals surface area contributed by atoms with Gasteiger partial charge in [-0.05, 0) is 61.1 Å². The quantitative estimate of drug-likeness (QED) is 0.232. The predicted octanol–water partition coefficient (Wildman–Crippen LogP) is 5.55. The van der Waals surface area contributed by atoms with Gasteiger partial charge in [-0.1, -0.05) is 38.8 Å². The molecule has 0 saturated heterocycles. The number of hydrogen-bond donors (Lipinski definition) is 2. The number of amides is 2. The van der Waals surface area contributed by atoms with Gasteiger partial charge < -0.3 is 29.6 Å². The number of carbonyl (C=O) groups is 2. The van der Waals surface area contributed by atoms with Crippen molar-refractivity contribution in [3.63, 3.8) is 0 Å². The first-order chi connectivity index (χ1) is 18.5. The molecule has 0 saturated carbocycles. The van der Waals surface area contributed by atoms with E-state index in [2.05, 4.69) is 24.5 Å². The summed E-state index contributed by atoms with van der Waals surface area (Å²) in [6.45, 7) is 6.36. The van der Waals surface area contributed by atoms with Gasteiger partial charge in [0.15, 0.2) is 23.0 Å². The summed E-state index contributed by atoms with van der Waals surface area (Å²) in [6.07, 6.45) is 6.14. The van der Waals surface area contributed by atoms with Crippen LogP contribution in [0.25, 0.3) is 0 Å². The largest absolute Gasteiger partial charge is 0.493 e. The summed E-state index contributed by atoms with van der Waals surface area (Å²) in [4.78, 5) is 24.5. The summed E-state index contributed by atoms with van der Waals surface area (Å²) in [5.74, 6) is 2.66. The van der Waals surface area contributed by atoms with Gasteiger partial charge in [0.05, 0.1) is 27.4 Å². The summed E-state index contributed by atoms with van der Waals surface area (Å²) in [5, 5.41) is 5.86. The molecule has 0 bridgehead atoms. The van der Waals surface area contributed by atoms with E-state index in [0.29, 0.717) is 75.0 Å². The average Bonchev–Trinajstić information content (AvgIpc) is 2.94. The van der Waals surface area contributed by atoms with Crippen molar-refractivity contribution in [2.45, 2.75) is 78.3 Å². The number of ether oxygens (including phenoxy) is 4. The molecule has 2 rings (SSSR count). The molecule has 8 nitrogen and oxygen atoms in total. The Kier molecular flexibility index (Phi) is 14.5. The summed E-state index contributed by atoms with van der Waals surface area (Å²) in [7, 11) is 3.22. The molecule has 0 unspecified atom stereocenters. The number of nitrogens with one attached hydrogen (secondary N) is 2. The minimum atomic E-state index is -0.0408. The molecule has 2 aromatic carbocycles. The monoisotopic (exact) mass is 528 g/mol. The zero-order chi connectivity index (χ0) is 27.6. The molecule has 0 aliphatic carbocycles. The highest BCUT2D eigenvalue weighted by atomic mass is 16.5. The van der Waals surface area contributed by atoms with E-state index in [-0.39, 0.29) is 11.8 Å². The van der Waals surface area contributed by atoms with Crippen LogP contribution in [0, 0.1) is 0 Å². The standard InChI is InChI=1S/C30H44N2O6/c1-5-7-17-37-25-15-13-23(19-27(25)35-3)21-31-29(33)11-9-10-12-30(34)32-22-24-14-16-26(28(20-24)36-4)38-18-8-6-2/h13-16,19-20H,5-12,17-18,21-22H2,1-4H3,(H,31,33)(H,32,34). The van der Waals surface area contributed by atoms with Gasteiger partial charge in [-0.3, -0.25) is 9.59 Å². The molecular weight excluding hydrogens is 484 g/mol. The summed E-state index contributed by atoms with van der Waals surface area (Å²) >= 11 is 0. The van der Waals surface area contributed by atoms with E-state index < -0.39 is 0 Å². The Labute approximate surface area is 227 Å². The highest BCUT2D eigenvalue weighted by Gasteiger charge is 2.09. The second-order valence-electron chi connectivity index (χ2n) is 9.14. The van der Waals surface area contributed by atoms with E-state index >= 15 is 0 Å². The molecule has 0 atom stereocenters. The second kappa shape index (κ2) is 17.9. The summed E-state index contributed by atoms with van der Waals surface area (Å²) in [6, 6.07) is 11.4. The lowest BCUT2D eigenvalue weighted by Crippen LogP contribution is -2.23. The molecule has 2 aromatic rings. The Morgan fingerprint density at radius 3 is 1.42 bits per heavy atom. The molecule has 2 N–H and O–H groups in total. The first-order valence-corrected chi connectivity index (χ1v) is 13.6. The first kappa shape index (κ1) is 30.8. The van der Waals surface area contributed by atoms with Crippen molar-refractivity contribution in [3.05, 3.63) is 47.5 Å². The number of rotatable bonds is 19. The molecule has 0 aliphatic heterocycles. The van der Waals surface area contributed by atoms with Gasteiger partial charge in [0.1, 0.15) is 0 Å². The lowest BCUT2D eigenvalue weighted by Gasteiger charge is -2.13. The van der Waals surface area contributed by atoms with Crippen LogP contribution in [-0.2, 0) is 22.7 Å². The Morgan fingerprint density at radius 1 is 0.632 bits per heavy atom. The van der Waals surface area contributed by atoms with Crippen LogP contribution >= 0.6 is 0 Å². The van der Waals surface area contributed by atoms with Crippen LogP contribution in [0.1, 0.15) is 76.3 Å². The fourth-order valence-corrected chi connectivity index (χ4v) is 3.68. The third kappa shape index (κ3) is 11.3. The van der Waals surface area contributed by atoms with Crippen molar-refractivity contribution in [1.29, 1.82) is 0 Å². The zero-order valence-corrected chi connectivity index (χ0v) is 23.4. The van der Waals surface area contributed by atoms with Gasteiger partial charge in [-0.15, -0.1) is 0 Å². The van der Waals surface area contributed by atoms with E-state index in [9.17, 15) is 9.59 Å². The van der Waals surface area contributed by atoms with Crippen LogP contribution in [0.15, 0.2) is 36.4 Å². The number of benzene rings is 2. The molecule has 2 amide bonds. The lowest BCUT2D eigenvalue weighted by atomic mass is 10.1. The Balaban J connectivity index is 1.65. The number of methoxy groups -OCH3 is 2. The highest BCUT2D eigenvalue weighted by Crippen LogP contribution is 2.29. The van der Waals surface area contributed by atoms with E-state index in [0.717, 1.165) is 36.8 Å². The fourth-order valence-electron chi connectivity index (χ4n) is 3.68. The van der Waals surface area contributed by atoms with E-state index in [1.54, 1.807) is 14.2 Å². The van der Waals surface area contributed by atoms with Crippen LogP contribution in [-0.4, -0.2) is 39.2 Å². The first-order valence-electron chi connectivity index (χ1n) is 13.6. The van der Waals surface area contributed by atoms with Crippen molar-refractivity contribution < 1.29 is 28.5 Å². The average molecular weight is 529 g/mol. The van der Waals surface area contributed by atoms with Crippen molar-refractivity contribution in [1.82, 2.24) is 10.6 Å². The molecular formula is C30H44N2O6. The molecule has 0 fully saturated rings. The summed E-state index contributed by atoms with van der Waals surface area (Å²) < 4.78 is 22.3. The highest BCUT2D eigenvalue weighted by molar-refractivity contribution is 5.77. The Hall–Kier alpha value is -3.42. The maximum Gasteiger partial charge on any atom is 0.220 e.